The molecule has 0 atom stereocenters. The first-order valence-electron chi connectivity index (χ1n) is 6.03. The molecule has 0 aliphatic carbocycles. The lowest BCUT2D eigenvalue weighted by molar-refractivity contribution is 0.341. The molecule has 2 nitrogen and oxygen atoms in total. The van der Waals surface area contributed by atoms with Crippen LogP contribution >= 0.6 is 23.4 Å². The van der Waals surface area contributed by atoms with E-state index in [2.05, 4.69) is 0 Å². The van der Waals surface area contributed by atoms with Gasteiger partial charge in [0.15, 0.2) is 0 Å². The van der Waals surface area contributed by atoms with E-state index in [9.17, 15) is 0 Å². The first-order valence-corrected chi connectivity index (χ1v) is 7.39. The molecule has 0 fully saturated rings. The lowest BCUT2D eigenvalue weighted by atomic mass is 10.2. The van der Waals surface area contributed by atoms with Gasteiger partial charge >= 0.3 is 0 Å². The Morgan fingerprint density at radius 2 is 2.00 bits per heavy atom. The Hall–Kier alpha value is -1.32. The van der Waals surface area contributed by atoms with E-state index < -0.39 is 0 Å². The van der Waals surface area contributed by atoms with Crippen molar-refractivity contribution in [2.24, 2.45) is 0 Å². The first kappa shape index (κ1) is 14.1. The van der Waals surface area contributed by atoms with Crippen LogP contribution < -0.4 is 10.5 Å². The summed E-state index contributed by atoms with van der Waals surface area (Å²) in [5.41, 5.74) is 7.76. The number of hydrogen-bond donors (Lipinski definition) is 1. The average molecular weight is 294 g/mol. The molecule has 0 unspecified atom stereocenters. The SMILES string of the molecule is Cc1ccccc1OCCSc1ccc(Cl)cc1N. The van der Waals surface area contributed by atoms with Crippen molar-refractivity contribution in [3.05, 3.63) is 53.1 Å². The van der Waals surface area contributed by atoms with Crippen LogP contribution in [0.2, 0.25) is 5.02 Å². The van der Waals surface area contributed by atoms with E-state index in [0.717, 1.165) is 22.0 Å². The van der Waals surface area contributed by atoms with Crippen LogP contribution in [-0.4, -0.2) is 12.4 Å². The summed E-state index contributed by atoms with van der Waals surface area (Å²) in [6.45, 7) is 2.69. The fourth-order valence-corrected chi connectivity index (χ4v) is 2.63. The number of anilines is 1. The van der Waals surface area contributed by atoms with Crippen LogP contribution in [0.5, 0.6) is 5.75 Å². The molecule has 19 heavy (non-hydrogen) atoms. The maximum Gasteiger partial charge on any atom is 0.122 e. The summed E-state index contributed by atoms with van der Waals surface area (Å²) in [5, 5.41) is 0.665. The molecule has 0 radical (unpaired) electrons. The molecule has 0 aliphatic rings. The Morgan fingerprint density at radius 1 is 1.21 bits per heavy atom. The van der Waals surface area contributed by atoms with Crippen LogP contribution in [0.1, 0.15) is 5.56 Å². The van der Waals surface area contributed by atoms with Gasteiger partial charge in [-0.15, -0.1) is 11.8 Å². The highest BCUT2D eigenvalue weighted by molar-refractivity contribution is 7.99. The Morgan fingerprint density at radius 3 is 2.74 bits per heavy atom. The molecule has 4 heteroatoms. The van der Waals surface area contributed by atoms with Crippen molar-refractivity contribution in [1.82, 2.24) is 0 Å². The number of hydrogen-bond acceptors (Lipinski definition) is 3. The van der Waals surface area contributed by atoms with Gasteiger partial charge in [0.1, 0.15) is 5.75 Å². The fourth-order valence-electron chi connectivity index (χ4n) is 1.67. The largest absolute Gasteiger partial charge is 0.492 e. The molecule has 2 rings (SSSR count). The lowest BCUT2D eigenvalue weighted by Crippen LogP contribution is -2.01. The second-order valence-electron chi connectivity index (χ2n) is 4.14. The van der Waals surface area contributed by atoms with Gasteiger partial charge in [0.2, 0.25) is 0 Å². The number of ether oxygens (including phenoxy) is 1. The van der Waals surface area contributed by atoms with Crippen molar-refractivity contribution in [2.45, 2.75) is 11.8 Å². The van der Waals surface area contributed by atoms with Crippen molar-refractivity contribution < 1.29 is 4.74 Å². The Balaban J connectivity index is 1.83. The average Bonchev–Trinajstić information content (AvgIpc) is 2.38. The van der Waals surface area contributed by atoms with E-state index in [1.165, 1.54) is 0 Å². The van der Waals surface area contributed by atoms with E-state index in [-0.39, 0.29) is 0 Å². The zero-order chi connectivity index (χ0) is 13.7. The molecule has 0 saturated heterocycles. The Labute approximate surface area is 122 Å². The Kier molecular flexibility index (Phi) is 5.00. The first-order chi connectivity index (χ1) is 9.16. The Bertz CT molecular complexity index is 560. The predicted octanol–water partition coefficient (Wildman–Crippen LogP) is 4.40. The smallest absolute Gasteiger partial charge is 0.122 e. The number of rotatable bonds is 5. The topological polar surface area (TPSA) is 35.2 Å². The molecule has 0 bridgehead atoms. The summed E-state index contributed by atoms with van der Waals surface area (Å²) in [5.74, 6) is 1.78. The van der Waals surface area contributed by atoms with Gasteiger partial charge in [-0.05, 0) is 36.8 Å². The van der Waals surface area contributed by atoms with Gasteiger partial charge in [-0.3, -0.25) is 0 Å². The molecule has 0 aliphatic heterocycles. The van der Waals surface area contributed by atoms with Crippen LogP contribution in [0.3, 0.4) is 0 Å². The van der Waals surface area contributed by atoms with Crippen molar-refractivity contribution in [3.8, 4) is 5.75 Å². The number of para-hydroxylation sites is 1. The number of nitrogens with two attached hydrogens (primary N) is 1. The minimum Gasteiger partial charge on any atom is -0.492 e. The summed E-state index contributed by atoms with van der Waals surface area (Å²) in [6, 6.07) is 13.6. The number of halogens is 1. The molecule has 0 amide bonds. The number of aryl methyl sites for hydroxylation is 1. The van der Waals surface area contributed by atoms with E-state index in [1.807, 2.05) is 43.3 Å². The molecule has 0 heterocycles. The minimum atomic E-state index is 0.650. The van der Waals surface area contributed by atoms with Gasteiger partial charge < -0.3 is 10.5 Å². The standard InChI is InChI=1S/C15H16ClNOS/c1-11-4-2-3-5-14(11)18-8-9-19-15-7-6-12(16)10-13(15)17/h2-7,10H,8-9,17H2,1H3. The van der Waals surface area contributed by atoms with Crippen LogP contribution in [0.25, 0.3) is 0 Å². The van der Waals surface area contributed by atoms with Crippen LogP contribution in [0.15, 0.2) is 47.4 Å². The van der Waals surface area contributed by atoms with Crippen LogP contribution in [-0.2, 0) is 0 Å². The monoisotopic (exact) mass is 293 g/mol. The van der Waals surface area contributed by atoms with Gasteiger partial charge in [0, 0.05) is 21.4 Å². The number of nitrogen functional groups attached to an aromatic ring is 1. The third-order valence-electron chi connectivity index (χ3n) is 2.66. The van der Waals surface area contributed by atoms with Crippen LogP contribution in [0, 0.1) is 6.92 Å². The second kappa shape index (κ2) is 6.73. The fraction of sp³-hybridized carbons (Fsp3) is 0.200. The molecule has 0 spiro atoms. The second-order valence-corrected chi connectivity index (χ2v) is 5.72. The summed E-state index contributed by atoms with van der Waals surface area (Å²) in [4.78, 5) is 1.04. The molecule has 2 aromatic rings. The van der Waals surface area contributed by atoms with Crippen molar-refractivity contribution >= 4 is 29.1 Å². The summed E-state index contributed by atoms with van der Waals surface area (Å²) < 4.78 is 5.73. The summed E-state index contributed by atoms with van der Waals surface area (Å²) in [7, 11) is 0. The summed E-state index contributed by atoms with van der Waals surface area (Å²) >= 11 is 7.53. The highest BCUT2D eigenvalue weighted by Crippen LogP contribution is 2.27. The van der Waals surface area contributed by atoms with E-state index in [0.29, 0.717) is 17.3 Å². The lowest BCUT2D eigenvalue weighted by Gasteiger charge is -2.09. The van der Waals surface area contributed by atoms with Gasteiger partial charge in [0.05, 0.1) is 6.61 Å². The molecule has 100 valence electrons. The number of thioether (sulfide) groups is 1. The van der Waals surface area contributed by atoms with Crippen molar-refractivity contribution in [3.63, 3.8) is 0 Å². The molecule has 0 saturated carbocycles. The van der Waals surface area contributed by atoms with Gasteiger partial charge in [-0.2, -0.15) is 0 Å². The molecular formula is C15H16ClNOS. The van der Waals surface area contributed by atoms with Gasteiger partial charge in [-0.25, -0.2) is 0 Å². The zero-order valence-corrected chi connectivity index (χ0v) is 12.3. The normalized spacial score (nSPS) is 10.4. The molecule has 2 aromatic carbocycles. The summed E-state index contributed by atoms with van der Waals surface area (Å²) in [6.07, 6.45) is 0. The van der Waals surface area contributed by atoms with E-state index in [4.69, 9.17) is 22.1 Å². The molecular weight excluding hydrogens is 278 g/mol. The maximum absolute atomic E-state index is 5.89. The van der Waals surface area contributed by atoms with Gasteiger partial charge in [0.25, 0.3) is 0 Å². The number of benzene rings is 2. The third kappa shape index (κ3) is 4.08. The zero-order valence-electron chi connectivity index (χ0n) is 10.7. The third-order valence-corrected chi connectivity index (χ3v) is 3.95. The molecule has 2 N–H and O–H groups in total. The van der Waals surface area contributed by atoms with E-state index >= 15 is 0 Å². The maximum atomic E-state index is 5.89. The van der Waals surface area contributed by atoms with Crippen molar-refractivity contribution in [1.29, 1.82) is 0 Å². The van der Waals surface area contributed by atoms with Crippen molar-refractivity contribution in [2.75, 3.05) is 18.1 Å². The highest BCUT2D eigenvalue weighted by Gasteiger charge is 2.02. The van der Waals surface area contributed by atoms with E-state index in [1.54, 1.807) is 17.8 Å². The highest BCUT2D eigenvalue weighted by atomic mass is 35.5. The molecule has 0 aromatic heterocycles. The quantitative estimate of drug-likeness (QED) is 0.504. The predicted molar refractivity (Wildman–Crippen MR) is 83.3 cm³/mol. The van der Waals surface area contributed by atoms with Gasteiger partial charge in [-0.1, -0.05) is 29.8 Å². The minimum absolute atomic E-state index is 0.650. The van der Waals surface area contributed by atoms with Crippen LogP contribution in [0.4, 0.5) is 5.69 Å².